The minimum Gasteiger partial charge on any atom is -0.319 e. The number of hydrogen-bond donors (Lipinski definition) is 3. The first kappa shape index (κ1) is 18.5. The van der Waals surface area contributed by atoms with Crippen molar-refractivity contribution in [1.29, 1.82) is 0 Å². The highest BCUT2D eigenvalue weighted by Gasteiger charge is 2.52. The molecule has 3 atom stereocenters. The average Bonchev–Trinajstić information content (AvgIpc) is 2.33. The molecule has 0 fully saturated rings. The molecule has 22 heavy (non-hydrogen) atoms. The molecule has 1 aliphatic rings. The highest BCUT2D eigenvalue weighted by Crippen LogP contribution is 2.35. The van der Waals surface area contributed by atoms with Crippen LogP contribution in [-0.2, 0) is 0 Å². The maximum Gasteiger partial charge on any atom is 0.410 e. The van der Waals surface area contributed by atoms with Crippen molar-refractivity contribution in [3.63, 3.8) is 0 Å². The summed E-state index contributed by atoms with van der Waals surface area (Å²) in [5.41, 5.74) is 5.59. The van der Waals surface area contributed by atoms with E-state index in [9.17, 15) is 26.3 Å². The lowest BCUT2D eigenvalue weighted by atomic mass is 9.97. The second-order valence-corrected chi connectivity index (χ2v) is 4.80. The third kappa shape index (κ3) is 4.24. The van der Waals surface area contributed by atoms with Crippen molar-refractivity contribution in [2.75, 3.05) is 0 Å². The normalized spacial score (nSPS) is 27.2. The summed E-state index contributed by atoms with van der Waals surface area (Å²) in [6, 6.07) is -2.05. The molecule has 0 amide bonds. The van der Waals surface area contributed by atoms with Crippen LogP contribution in [0.4, 0.5) is 26.3 Å². The van der Waals surface area contributed by atoms with Crippen molar-refractivity contribution >= 4 is 12.3 Å². The Morgan fingerprint density at radius 3 is 2.18 bits per heavy atom. The Morgan fingerprint density at radius 1 is 1.18 bits per heavy atom. The molecule has 11 heteroatoms. The van der Waals surface area contributed by atoms with Gasteiger partial charge in [0.1, 0.15) is 12.0 Å². The van der Waals surface area contributed by atoms with E-state index < -0.39 is 42.5 Å². The van der Waals surface area contributed by atoms with Crippen molar-refractivity contribution in [2.45, 2.75) is 50.9 Å². The topological polar surface area (TPSA) is 74.8 Å². The van der Waals surface area contributed by atoms with E-state index in [-0.39, 0.29) is 6.42 Å². The lowest BCUT2D eigenvalue weighted by molar-refractivity contribution is -0.194. The summed E-state index contributed by atoms with van der Waals surface area (Å²) >= 11 is 0. The number of guanidine groups is 1. The first-order valence-electron chi connectivity index (χ1n) is 6.52. The van der Waals surface area contributed by atoms with E-state index in [2.05, 4.69) is 20.6 Å². The van der Waals surface area contributed by atoms with E-state index in [0.717, 1.165) is 6.34 Å². The predicted octanol–water partition coefficient (Wildman–Crippen LogP) is 2.11. The van der Waals surface area contributed by atoms with Crippen LogP contribution in [0.1, 0.15) is 26.7 Å². The van der Waals surface area contributed by atoms with Gasteiger partial charge >= 0.3 is 12.4 Å². The Bertz CT molecular complexity index is 443. The number of alkyl halides is 6. The SMILES string of the molecule is CC[C@H](N=C1NC=NC(N)([C@@H](CC)C(F)(F)F)N1)C(F)(F)F. The molecule has 0 aromatic carbocycles. The summed E-state index contributed by atoms with van der Waals surface area (Å²) in [6.07, 6.45) is -9.21. The molecule has 0 spiro atoms. The van der Waals surface area contributed by atoms with Gasteiger partial charge in [-0.1, -0.05) is 13.8 Å². The van der Waals surface area contributed by atoms with Crippen LogP contribution < -0.4 is 16.4 Å². The first-order chi connectivity index (χ1) is 9.94. The first-order valence-corrected chi connectivity index (χ1v) is 6.52. The van der Waals surface area contributed by atoms with Crippen molar-refractivity contribution in [3.8, 4) is 0 Å². The molecule has 1 unspecified atom stereocenters. The van der Waals surface area contributed by atoms with Gasteiger partial charge < -0.3 is 10.6 Å². The van der Waals surface area contributed by atoms with Gasteiger partial charge in [-0.25, -0.2) is 9.98 Å². The largest absolute Gasteiger partial charge is 0.410 e. The lowest BCUT2D eigenvalue weighted by Crippen LogP contribution is -2.67. The smallest absolute Gasteiger partial charge is 0.319 e. The molecular formula is C11H17F6N5. The molecule has 0 aromatic rings. The van der Waals surface area contributed by atoms with Crippen LogP contribution in [0.2, 0.25) is 0 Å². The van der Waals surface area contributed by atoms with Gasteiger partial charge in [0, 0.05) is 0 Å². The number of nitrogens with one attached hydrogen (secondary N) is 2. The monoisotopic (exact) mass is 333 g/mol. The van der Waals surface area contributed by atoms with Crippen molar-refractivity contribution < 1.29 is 26.3 Å². The van der Waals surface area contributed by atoms with Gasteiger partial charge in [0.15, 0.2) is 11.7 Å². The Labute approximate surface area is 123 Å². The molecule has 0 saturated carbocycles. The van der Waals surface area contributed by atoms with Gasteiger partial charge in [0.05, 0.1) is 6.34 Å². The van der Waals surface area contributed by atoms with Crippen LogP contribution in [0.3, 0.4) is 0 Å². The molecule has 0 saturated heterocycles. The molecular weight excluding hydrogens is 316 g/mol. The summed E-state index contributed by atoms with van der Waals surface area (Å²) in [5, 5.41) is 4.36. The minimum atomic E-state index is -4.66. The fraction of sp³-hybridized carbons (Fsp3) is 0.818. The molecule has 0 radical (unpaired) electrons. The highest BCUT2D eigenvalue weighted by atomic mass is 19.4. The van der Waals surface area contributed by atoms with Crippen molar-refractivity contribution in [2.24, 2.45) is 21.6 Å². The quantitative estimate of drug-likeness (QED) is 0.690. The third-order valence-corrected chi connectivity index (χ3v) is 3.18. The van der Waals surface area contributed by atoms with Crippen LogP contribution in [0.15, 0.2) is 9.98 Å². The molecule has 1 aliphatic heterocycles. The Morgan fingerprint density at radius 2 is 1.77 bits per heavy atom. The van der Waals surface area contributed by atoms with E-state index in [0.29, 0.717) is 0 Å². The zero-order chi connectivity index (χ0) is 17.2. The molecule has 5 nitrogen and oxygen atoms in total. The van der Waals surface area contributed by atoms with Gasteiger partial charge in [-0.05, 0) is 12.8 Å². The fourth-order valence-corrected chi connectivity index (χ4v) is 2.05. The second kappa shape index (κ2) is 6.31. The molecule has 1 heterocycles. The van der Waals surface area contributed by atoms with E-state index in [4.69, 9.17) is 5.73 Å². The van der Waals surface area contributed by atoms with E-state index in [1.54, 1.807) is 0 Å². The Kier molecular flexibility index (Phi) is 5.31. The van der Waals surface area contributed by atoms with Crippen molar-refractivity contribution in [1.82, 2.24) is 10.6 Å². The number of aliphatic imine (C=N–C) groups is 2. The summed E-state index contributed by atoms with van der Waals surface area (Å²) in [4.78, 5) is 6.84. The number of nitrogens with zero attached hydrogens (tertiary/aromatic N) is 2. The zero-order valence-electron chi connectivity index (χ0n) is 11.9. The summed E-state index contributed by atoms with van der Waals surface area (Å²) < 4.78 is 76.9. The third-order valence-electron chi connectivity index (χ3n) is 3.18. The van der Waals surface area contributed by atoms with Crippen LogP contribution in [0.5, 0.6) is 0 Å². The minimum absolute atomic E-state index is 0.360. The summed E-state index contributed by atoms with van der Waals surface area (Å²) in [7, 11) is 0. The second-order valence-electron chi connectivity index (χ2n) is 4.80. The highest BCUT2D eigenvalue weighted by molar-refractivity contribution is 5.92. The van der Waals surface area contributed by atoms with E-state index in [1.807, 2.05) is 0 Å². The molecule has 1 rings (SSSR count). The maximum absolute atomic E-state index is 13.0. The molecule has 128 valence electrons. The molecule has 0 aliphatic carbocycles. The Balaban J connectivity index is 3.06. The number of halogens is 6. The van der Waals surface area contributed by atoms with E-state index >= 15 is 0 Å². The van der Waals surface area contributed by atoms with Crippen LogP contribution in [0, 0.1) is 5.92 Å². The van der Waals surface area contributed by atoms with Crippen LogP contribution in [0.25, 0.3) is 0 Å². The number of nitrogens with two attached hydrogens (primary N) is 1. The van der Waals surface area contributed by atoms with Gasteiger partial charge in [0.2, 0.25) is 0 Å². The maximum atomic E-state index is 13.0. The fourth-order valence-electron chi connectivity index (χ4n) is 2.05. The molecule has 0 aromatic heterocycles. The van der Waals surface area contributed by atoms with E-state index in [1.165, 1.54) is 13.8 Å². The van der Waals surface area contributed by atoms with Crippen LogP contribution >= 0.6 is 0 Å². The van der Waals surface area contributed by atoms with Crippen molar-refractivity contribution in [3.05, 3.63) is 0 Å². The van der Waals surface area contributed by atoms with Gasteiger partial charge in [-0.3, -0.25) is 5.73 Å². The number of hydrogen-bond acceptors (Lipinski definition) is 3. The summed E-state index contributed by atoms with van der Waals surface area (Å²) in [5.74, 6) is -4.88. The lowest BCUT2D eigenvalue weighted by Gasteiger charge is -2.38. The van der Waals surface area contributed by atoms with Gasteiger partial charge in [0.25, 0.3) is 0 Å². The molecule has 0 bridgehead atoms. The van der Waals surface area contributed by atoms with Gasteiger partial charge in [-0.15, -0.1) is 0 Å². The van der Waals surface area contributed by atoms with Gasteiger partial charge in [-0.2, -0.15) is 26.3 Å². The number of rotatable bonds is 4. The zero-order valence-corrected chi connectivity index (χ0v) is 11.9. The van der Waals surface area contributed by atoms with Crippen LogP contribution in [-0.4, -0.2) is 36.5 Å². The average molecular weight is 333 g/mol. The Hall–Kier alpha value is -1.52. The summed E-state index contributed by atoms with van der Waals surface area (Å²) in [6.45, 7) is 2.52. The standard InChI is InChI=1S/C11H17F6N5/c1-3-6(9(12,13)14)11(18)20-5-19-8(22-11)21-7(4-2)10(15,16)17/h5-7H,3-4,18H2,1-2H3,(H2,19,20,21,22)/t6-,7-,11?/m0/s1. The molecule has 4 N–H and O–H groups in total. The predicted molar refractivity (Wildman–Crippen MR) is 69.1 cm³/mol.